The quantitative estimate of drug-likeness (QED) is 0.453. The summed E-state index contributed by atoms with van der Waals surface area (Å²) in [6, 6.07) is 24.1. The summed E-state index contributed by atoms with van der Waals surface area (Å²) < 4.78 is 2.20. The van der Waals surface area contributed by atoms with Gasteiger partial charge in [0.1, 0.15) is 5.38 Å². The van der Waals surface area contributed by atoms with Crippen LogP contribution in [0.15, 0.2) is 79.0 Å². The lowest BCUT2D eigenvalue weighted by atomic mass is 10.1. The van der Waals surface area contributed by atoms with E-state index in [0.717, 1.165) is 24.2 Å². The Morgan fingerprint density at radius 3 is 2.29 bits per heavy atom. The van der Waals surface area contributed by atoms with Crippen LogP contribution in [0.5, 0.6) is 0 Å². The summed E-state index contributed by atoms with van der Waals surface area (Å²) in [5, 5.41) is -0.673. The Morgan fingerprint density at radius 1 is 1.00 bits per heavy atom. The number of alkyl halides is 1. The van der Waals surface area contributed by atoms with E-state index >= 15 is 0 Å². The van der Waals surface area contributed by atoms with E-state index in [4.69, 9.17) is 11.6 Å². The van der Waals surface area contributed by atoms with Crippen molar-refractivity contribution < 1.29 is 4.79 Å². The van der Waals surface area contributed by atoms with E-state index in [1.165, 1.54) is 5.56 Å². The highest BCUT2D eigenvalue weighted by atomic mass is 35.5. The normalized spacial score (nSPS) is 13.1. The molecule has 0 saturated carbocycles. The van der Waals surface area contributed by atoms with Crippen molar-refractivity contribution in [2.75, 3.05) is 0 Å². The van der Waals surface area contributed by atoms with Crippen molar-refractivity contribution >= 4 is 17.5 Å². The van der Waals surface area contributed by atoms with Gasteiger partial charge in [-0.3, -0.25) is 4.79 Å². The molecule has 0 spiro atoms. The molecule has 0 saturated heterocycles. The van der Waals surface area contributed by atoms with Gasteiger partial charge in [-0.05, 0) is 36.6 Å². The molecule has 28 heavy (non-hydrogen) atoms. The number of carbonyl (C=O) groups excluding carboxylic acids is 1. The van der Waals surface area contributed by atoms with E-state index in [2.05, 4.69) is 42.8 Å². The Hall–Kier alpha value is -2.52. The lowest BCUT2D eigenvalue weighted by Crippen LogP contribution is -2.40. The fourth-order valence-corrected chi connectivity index (χ4v) is 3.55. The molecule has 3 nitrogen and oxygen atoms in total. The van der Waals surface area contributed by atoms with Crippen LogP contribution in [0.3, 0.4) is 0 Å². The Labute approximate surface area is 172 Å². The number of halogens is 1. The zero-order valence-corrected chi connectivity index (χ0v) is 17.2. The van der Waals surface area contributed by atoms with Crippen molar-refractivity contribution in [3.05, 3.63) is 95.8 Å². The second kappa shape index (κ2) is 9.61. The van der Waals surface area contributed by atoms with Crippen LogP contribution in [-0.4, -0.2) is 21.4 Å². The predicted octanol–water partition coefficient (Wildman–Crippen LogP) is 5.64. The molecule has 1 aromatic heterocycles. The van der Waals surface area contributed by atoms with Crippen LogP contribution in [0.1, 0.15) is 42.5 Å². The lowest BCUT2D eigenvalue weighted by Gasteiger charge is -2.31. The topological polar surface area (TPSA) is 25.2 Å². The summed E-state index contributed by atoms with van der Waals surface area (Å²) in [5.74, 6) is -0.0466. The Balaban J connectivity index is 1.80. The van der Waals surface area contributed by atoms with Crippen molar-refractivity contribution in [1.29, 1.82) is 0 Å². The first-order chi connectivity index (χ1) is 13.6. The third-order valence-corrected chi connectivity index (χ3v) is 5.61. The van der Waals surface area contributed by atoms with Crippen molar-refractivity contribution in [1.82, 2.24) is 9.47 Å². The number of aromatic nitrogens is 1. The monoisotopic (exact) mass is 394 g/mol. The second-order valence-corrected chi connectivity index (χ2v) is 7.55. The minimum atomic E-state index is -0.673. The SMILES string of the molecule is CC[C@@H](C)N(Cc1cccn1Cc1ccccc1)C(=O)[C@@H](Cl)c1ccccc1. The molecule has 0 fully saturated rings. The summed E-state index contributed by atoms with van der Waals surface area (Å²) in [4.78, 5) is 15.1. The van der Waals surface area contributed by atoms with Gasteiger partial charge >= 0.3 is 0 Å². The van der Waals surface area contributed by atoms with Crippen LogP contribution in [0.25, 0.3) is 0 Å². The smallest absolute Gasteiger partial charge is 0.245 e. The highest BCUT2D eigenvalue weighted by molar-refractivity contribution is 6.30. The molecule has 0 unspecified atom stereocenters. The van der Waals surface area contributed by atoms with Crippen molar-refractivity contribution in [3.63, 3.8) is 0 Å². The van der Waals surface area contributed by atoms with Gasteiger partial charge in [0.15, 0.2) is 0 Å². The van der Waals surface area contributed by atoms with Crippen LogP contribution in [0, 0.1) is 0 Å². The summed E-state index contributed by atoms with van der Waals surface area (Å²) >= 11 is 6.56. The first-order valence-corrected chi connectivity index (χ1v) is 10.2. The minimum Gasteiger partial charge on any atom is -0.345 e. The molecule has 2 aromatic carbocycles. The van der Waals surface area contributed by atoms with Gasteiger partial charge in [-0.25, -0.2) is 0 Å². The summed E-state index contributed by atoms with van der Waals surface area (Å²) in [6.45, 7) is 5.51. The van der Waals surface area contributed by atoms with Gasteiger partial charge in [0, 0.05) is 24.5 Å². The molecule has 4 heteroatoms. The molecule has 3 aromatic rings. The number of hydrogen-bond acceptors (Lipinski definition) is 1. The maximum absolute atomic E-state index is 13.2. The number of hydrogen-bond donors (Lipinski definition) is 0. The zero-order chi connectivity index (χ0) is 19.9. The molecule has 146 valence electrons. The van der Waals surface area contributed by atoms with Crippen LogP contribution in [0.2, 0.25) is 0 Å². The van der Waals surface area contributed by atoms with Crippen LogP contribution < -0.4 is 0 Å². The van der Waals surface area contributed by atoms with E-state index in [1.54, 1.807) is 0 Å². The molecular weight excluding hydrogens is 368 g/mol. The van der Waals surface area contributed by atoms with E-state index in [1.807, 2.05) is 59.5 Å². The molecule has 0 bridgehead atoms. The average Bonchev–Trinajstić information content (AvgIpc) is 3.18. The molecule has 1 heterocycles. The number of carbonyl (C=O) groups is 1. The number of nitrogens with zero attached hydrogens (tertiary/aromatic N) is 2. The van der Waals surface area contributed by atoms with E-state index < -0.39 is 5.38 Å². The molecule has 0 aliphatic heterocycles. The van der Waals surface area contributed by atoms with Crippen LogP contribution >= 0.6 is 11.6 Å². The van der Waals surface area contributed by atoms with E-state index in [9.17, 15) is 4.79 Å². The second-order valence-electron chi connectivity index (χ2n) is 7.11. The van der Waals surface area contributed by atoms with Gasteiger partial charge in [-0.2, -0.15) is 0 Å². The standard InChI is InChI=1S/C24H27ClN2O/c1-3-19(2)27(24(28)23(25)21-13-8-5-9-14-21)18-22-15-10-16-26(22)17-20-11-6-4-7-12-20/h4-16,19,23H,3,17-18H2,1-2H3/t19-,23+/m1/s1. The largest absolute Gasteiger partial charge is 0.345 e. The van der Waals surface area contributed by atoms with Gasteiger partial charge in [0.05, 0.1) is 6.54 Å². The highest BCUT2D eigenvalue weighted by Gasteiger charge is 2.27. The maximum Gasteiger partial charge on any atom is 0.245 e. The average molecular weight is 395 g/mol. The van der Waals surface area contributed by atoms with Crippen LogP contribution in [0.4, 0.5) is 0 Å². The fraction of sp³-hybridized carbons (Fsp3) is 0.292. The molecule has 0 aliphatic carbocycles. The van der Waals surface area contributed by atoms with Gasteiger partial charge in [-0.15, -0.1) is 11.6 Å². The van der Waals surface area contributed by atoms with E-state index in [0.29, 0.717) is 6.54 Å². The summed E-state index contributed by atoms with van der Waals surface area (Å²) in [6.07, 6.45) is 2.94. The van der Waals surface area contributed by atoms with Crippen molar-refractivity contribution in [3.8, 4) is 0 Å². The van der Waals surface area contributed by atoms with Crippen molar-refractivity contribution in [2.24, 2.45) is 0 Å². The summed E-state index contributed by atoms with van der Waals surface area (Å²) in [5.41, 5.74) is 3.18. The Morgan fingerprint density at radius 2 is 1.64 bits per heavy atom. The molecule has 0 aliphatic rings. The molecule has 0 radical (unpaired) electrons. The van der Waals surface area contributed by atoms with E-state index in [-0.39, 0.29) is 11.9 Å². The molecule has 0 N–H and O–H groups in total. The van der Waals surface area contributed by atoms with Gasteiger partial charge in [0.2, 0.25) is 5.91 Å². The lowest BCUT2D eigenvalue weighted by molar-refractivity contribution is -0.133. The predicted molar refractivity (Wildman–Crippen MR) is 115 cm³/mol. The van der Waals surface area contributed by atoms with Crippen molar-refractivity contribution in [2.45, 2.75) is 44.8 Å². The number of benzene rings is 2. The molecule has 2 atom stereocenters. The number of amides is 1. The molecular formula is C24H27ClN2O. The summed E-state index contributed by atoms with van der Waals surface area (Å²) in [7, 11) is 0. The highest BCUT2D eigenvalue weighted by Crippen LogP contribution is 2.26. The molecule has 1 amide bonds. The third kappa shape index (κ3) is 4.85. The van der Waals surface area contributed by atoms with Gasteiger partial charge in [0.25, 0.3) is 0 Å². The first kappa shape index (κ1) is 20.2. The minimum absolute atomic E-state index is 0.0466. The third-order valence-electron chi connectivity index (χ3n) is 5.17. The zero-order valence-electron chi connectivity index (χ0n) is 16.5. The van der Waals surface area contributed by atoms with Crippen LogP contribution in [-0.2, 0) is 17.9 Å². The fourth-order valence-electron chi connectivity index (χ4n) is 3.28. The molecule has 3 rings (SSSR count). The van der Waals surface area contributed by atoms with Gasteiger partial charge in [-0.1, -0.05) is 67.6 Å². The Kier molecular flexibility index (Phi) is 6.94. The van der Waals surface area contributed by atoms with Gasteiger partial charge < -0.3 is 9.47 Å². The maximum atomic E-state index is 13.2. The number of rotatable bonds is 8. The first-order valence-electron chi connectivity index (χ1n) is 9.77. The Bertz CT molecular complexity index is 876.